The highest BCUT2D eigenvalue weighted by Crippen LogP contribution is 2.18. The topological polar surface area (TPSA) is 67.4 Å². The van der Waals surface area contributed by atoms with E-state index in [-0.39, 0.29) is 11.5 Å². The fraction of sp³-hybridized carbons (Fsp3) is 0.0909. The average Bonchev–Trinajstić information content (AvgIpc) is 2.72. The monoisotopic (exact) mass is 396 g/mol. The van der Waals surface area contributed by atoms with Crippen molar-refractivity contribution >= 4 is 23.2 Å². The zero-order valence-corrected chi connectivity index (χ0v) is 15.5. The summed E-state index contributed by atoms with van der Waals surface area (Å²) in [6, 6.07) is 16.1. The number of halogens is 2. The van der Waals surface area contributed by atoms with Crippen molar-refractivity contribution < 1.29 is 23.1 Å². The first kappa shape index (κ1) is 20.0. The molecular weight excluding hydrogens is 378 g/mol. The quantitative estimate of drug-likeness (QED) is 0.625. The first-order chi connectivity index (χ1) is 14.0. The van der Waals surface area contributed by atoms with Gasteiger partial charge in [0.25, 0.3) is 11.8 Å². The molecule has 0 saturated heterocycles. The Hall–Kier alpha value is -3.74. The maximum absolute atomic E-state index is 13.3. The van der Waals surface area contributed by atoms with Crippen molar-refractivity contribution in [2.45, 2.75) is 6.92 Å². The van der Waals surface area contributed by atoms with Gasteiger partial charge in [-0.2, -0.15) is 0 Å². The molecule has 0 heterocycles. The number of hydrogen-bond acceptors (Lipinski definition) is 3. The zero-order chi connectivity index (χ0) is 20.8. The van der Waals surface area contributed by atoms with E-state index >= 15 is 0 Å². The summed E-state index contributed by atoms with van der Waals surface area (Å²) in [7, 11) is 0. The number of anilines is 2. The van der Waals surface area contributed by atoms with Crippen LogP contribution in [0.1, 0.15) is 27.6 Å². The summed E-state index contributed by atoms with van der Waals surface area (Å²) in [5, 5.41) is 5.33. The largest absolute Gasteiger partial charge is 0.494 e. The van der Waals surface area contributed by atoms with Crippen molar-refractivity contribution in [1.82, 2.24) is 0 Å². The summed E-state index contributed by atoms with van der Waals surface area (Å²) in [5.74, 6) is -2.31. The lowest BCUT2D eigenvalue weighted by Gasteiger charge is -2.09. The first-order valence-electron chi connectivity index (χ1n) is 8.87. The smallest absolute Gasteiger partial charge is 0.255 e. The Morgan fingerprint density at radius 2 is 1.28 bits per heavy atom. The van der Waals surface area contributed by atoms with Crippen molar-refractivity contribution in [1.29, 1.82) is 0 Å². The lowest BCUT2D eigenvalue weighted by molar-refractivity contribution is 0.101. The molecule has 3 aromatic carbocycles. The Bertz CT molecular complexity index is 1020. The Morgan fingerprint density at radius 1 is 0.759 bits per heavy atom. The van der Waals surface area contributed by atoms with Gasteiger partial charge in [-0.25, -0.2) is 8.78 Å². The maximum atomic E-state index is 13.3. The van der Waals surface area contributed by atoms with E-state index in [0.717, 1.165) is 12.1 Å². The van der Waals surface area contributed by atoms with E-state index in [0.29, 0.717) is 29.3 Å². The number of benzene rings is 3. The number of carbonyl (C=O) groups excluding carboxylic acids is 2. The molecule has 5 nitrogen and oxygen atoms in total. The zero-order valence-electron chi connectivity index (χ0n) is 15.5. The Labute approximate surface area is 166 Å². The van der Waals surface area contributed by atoms with E-state index in [4.69, 9.17) is 4.74 Å². The van der Waals surface area contributed by atoms with Gasteiger partial charge in [0, 0.05) is 22.5 Å². The lowest BCUT2D eigenvalue weighted by atomic mass is 10.1. The number of carbonyl (C=O) groups is 2. The van der Waals surface area contributed by atoms with Crippen molar-refractivity contribution in [2.24, 2.45) is 0 Å². The Kier molecular flexibility index (Phi) is 6.19. The first-order valence-corrected chi connectivity index (χ1v) is 8.87. The third-order valence-corrected chi connectivity index (χ3v) is 4.01. The van der Waals surface area contributed by atoms with Gasteiger partial charge in [-0.3, -0.25) is 9.59 Å². The van der Waals surface area contributed by atoms with Gasteiger partial charge in [-0.15, -0.1) is 0 Å². The molecule has 7 heteroatoms. The predicted molar refractivity (Wildman–Crippen MR) is 106 cm³/mol. The van der Waals surface area contributed by atoms with Crippen molar-refractivity contribution in [3.8, 4) is 5.75 Å². The highest BCUT2D eigenvalue weighted by Gasteiger charge is 2.11. The van der Waals surface area contributed by atoms with Crippen molar-refractivity contribution in [3.63, 3.8) is 0 Å². The molecule has 0 fully saturated rings. The fourth-order valence-corrected chi connectivity index (χ4v) is 2.55. The van der Waals surface area contributed by atoms with Gasteiger partial charge < -0.3 is 15.4 Å². The van der Waals surface area contributed by atoms with Crippen molar-refractivity contribution in [3.05, 3.63) is 89.5 Å². The van der Waals surface area contributed by atoms with Crippen LogP contribution in [0, 0.1) is 11.6 Å². The summed E-state index contributed by atoms with van der Waals surface area (Å²) in [5.41, 5.74) is 1.41. The second kappa shape index (κ2) is 8.97. The molecule has 0 aliphatic carbocycles. The molecule has 29 heavy (non-hydrogen) atoms. The molecule has 0 saturated carbocycles. The minimum absolute atomic E-state index is 0.0128. The number of hydrogen-bond donors (Lipinski definition) is 2. The van der Waals surface area contributed by atoms with Crippen LogP contribution in [0.5, 0.6) is 5.75 Å². The Morgan fingerprint density at radius 3 is 1.83 bits per heavy atom. The SMILES string of the molecule is CCOc1ccc(NC(=O)c2ccc(NC(=O)c3ccc(F)c(F)c3)cc2)cc1. The lowest BCUT2D eigenvalue weighted by Crippen LogP contribution is -2.14. The highest BCUT2D eigenvalue weighted by molar-refractivity contribution is 6.06. The third-order valence-electron chi connectivity index (χ3n) is 4.01. The summed E-state index contributed by atoms with van der Waals surface area (Å²) in [6.45, 7) is 2.45. The summed E-state index contributed by atoms with van der Waals surface area (Å²) >= 11 is 0. The van der Waals surface area contributed by atoms with Crippen LogP contribution in [0.4, 0.5) is 20.2 Å². The minimum Gasteiger partial charge on any atom is -0.494 e. The maximum Gasteiger partial charge on any atom is 0.255 e. The second-order valence-corrected chi connectivity index (χ2v) is 6.07. The number of ether oxygens (including phenoxy) is 1. The van der Waals surface area contributed by atoms with Crippen LogP contribution in [0.25, 0.3) is 0 Å². The normalized spacial score (nSPS) is 10.3. The van der Waals surface area contributed by atoms with Crippen LogP contribution in [0.2, 0.25) is 0 Å². The average molecular weight is 396 g/mol. The van der Waals surface area contributed by atoms with Gasteiger partial charge in [-0.1, -0.05) is 0 Å². The van der Waals surface area contributed by atoms with E-state index in [9.17, 15) is 18.4 Å². The van der Waals surface area contributed by atoms with Crippen LogP contribution in [0.15, 0.2) is 66.7 Å². The molecule has 0 radical (unpaired) electrons. The van der Waals surface area contributed by atoms with Crippen LogP contribution < -0.4 is 15.4 Å². The number of rotatable bonds is 6. The summed E-state index contributed by atoms with van der Waals surface area (Å²) < 4.78 is 31.6. The highest BCUT2D eigenvalue weighted by atomic mass is 19.2. The fourth-order valence-electron chi connectivity index (χ4n) is 2.55. The molecule has 0 atom stereocenters. The molecule has 0 unspecified atom stereocenters. The van der Waals surface area contributed by atoms with Gasteiger partial charge in [0.2, 0.25) is 0 Å². The summed E-state index contributed by atoms with van der Waals surface area (Å²) in [4.78, 5) is 24.5. The molecule has 2 amide bonds. The van der Waals surface area contributed by atoms with Gasteiger partial charge in [0.1, 0.15) is 5.75 Å². The van der Waals surface area contributed by atoms with E-state index in [1.165, 1.54) is 6.07 Å². The van der Waals surface area contributed by atoms with E-state index in [1.54, 1.807) is 48.5 Å². The molecule has 2 N–H and O–H groups in total. The minimum atomic E-state index is -1.10. The second-order valence-electron chi connectivity index (χ2n) is 6.07. The van der Waals surface area contributed by atoms with Gasteiger partial charge in [0.05, 0.1) is 6.61 Å². The van der Waals surface area contributed by atoms with Crippen molar-refractivity contribution in [2.75, 3.05) is 17.2 Å². The number of nitrogens with one attached hydrogen (secondary N) is 2. The van der Waals surface area contributed by atoms with Crippen LogP contribution in [-0.4, -0.2) is 18.4 Å². The standard InChI is InChI=1S/C22H18F2N2O3/c1-2-29-18-10-8-17(9-11-18)25-21(27)14-3-6-16(7-4-14)26-22(28)15-5-12-19(23)20(24)13-15/h3-13H,2H2,1H3,(H,25,27)(H,26,28). The van der Waals surface area contributed by atoms with E-state index in [1.807, 2.05) is 6.92 Å². The van der Waals surface area contributed by atoms with Crippen LogP contribution in [0.3, 0.4) is 0 Å². The molecule has 0 aliphatic heterocycles. The number of amides is 2. The van der Waals surface area contributed by atoms with Gasteiger partial charge in [0.15, 0.2) is 11.6 Å². The van der Waals surface area contributed by atoms with Gasteiger partial charge in [-0.05, 0) is 73.7 Å². The molecular formula is C22H18F2N2O3. The molecule has 3 aromatic rings. The van der Waals surface area contributed by atoms with Crippen LogP contribution >= 0.6 is 0 Å². The van der Waals surface area contributed by atoms with E-state index in [2.05, 4.69) is 10.6 Å². The summed E-state index contributed by atoms with van der Waals surface area (Å²) in [6.07, 6.45) is 0. The predicted octanol–water partition coefficient (Wildman–Crippen LogP) is 4.87. The molecule has 3 rings (SSSR count). The Balaban J connectivity index is 1.62. The molecule has 0 aliphatic rings. The van der Waals surface area contributed by atoms with E-state index < -0.39 is 17.5 Å². The molecule has 0 spiro atoms. The third kappa shape index (κ3) is 5.16. The van der Waals surface area contributed by atoms with Crippen LogP contribution in [-0.2, 0) is 0 Å². The molecule has 0 aromatic heterocycles. The van der Waals surface area contributed by atoms with Gasteiger partial charge >= 0.3 is 0 Å². The molecule has 148 valence electrons. The molecule has 0 bridgehead atoms.